The van der Waals surface area contributed by atoms with Crippen molar-refractivity contribution in [2.75, 3.05) is 18.0 Å². The molecule has 1 amide bonds. The number of piperidine rings is 1. The number of carbonyl (C=O) groups is 2. The van der Waals surface area contributed by atoms with E-state index in [4.69, 9.17) is 4.74 Å². The van der Waals surface area contributed by atoms with Crippen molar-refractivity contribution in [2.24, 2.45) is 0 Å². The third-order valence-electron chi connectivity index (χ3n) is 3.51. The lowest BCUT2D eigenvalue weighted by molar-refractivity contribution is 0.0500. The van der Waals surface area contributed by atoms with Gasteiger partial charge in [0.2, 0.25) is 0 Å². The van der Waals surface area contributed by atoms with Gasteiger partial charge in [0.25, 0.3) is 0 Å². The van der Waals surface area contributed by atoms with E-state index in [1.165, 1.54) is 0 Å². The van der Waals surface area contributed by atoms with Gasteiger partial charge in [-0.3, -0.25) is 4.79 Å². The fourth-order valence-corrected chi connectivity index (χ4v) is 2.60. The molecule has 1 saturated heterocycles. The van der Waals surface area contributed by atoms with Gasteiger partial charge in [0.1, 0.15) is 11.9 Å². The predicted molar refractivity (Wildman–Crippen MR) is 86.4 cm³/mol. The lowest BCUT2D eigenvalue weighted by Gasteiger charge is -2.35. The smallest absolute Gasteiger partial charge is 0.407 e. The topological polar surface area (TPSA) is 58.6 Å². The highest BCUT2D eigenvalue weighted by Crippen LogP contribution is 2.21. The van der Waals surface area contributed by atoms with Crippen LogP contribution < -0.4 is 10.2 Å². The largest absolute Gasteiger partial charge is 0.444 e. The van der Waals surface area contributed by atoms with Crippen molar-refractivity contribution < 1.29 is 14.3 Å². The normalized spacial score (nSPS) is 18.7. The summed E-state index contributed by atoms with van der Waals surface area (Å²) in [6.07, 6.45) is 2.40. The zero-order chi connectivity index (χ0) is 16.2. The molecular weight excluding hydrogens is 280 g/mol. The van der Waals surface area contributed by atoms with Crippen molar-refractivity contribution in [3.8, 4) is 0 Å². The van der Waals surface area contributed by atoms with Gasteiger partial charge in [0, 0.05) is 30.4 Å². The first-order valence-electron chi connectivity index (χ1n) is 7.67. The van der Waals surface area contributed by atoms with E-state index in [1.54, 1.807) is 6.07 Å². The number of carbonyl (C=O) groups excluding carboxylic acids is 2. The molecule has 1 N–H and O–H groups in total. The van der Waals surface area contributed by atoms with Crippen LogP contribution >= 0.6 is 0 Å². The van der Waals surface area contributed by atoms with Crippen LogP contribution in [0.4, 0.5) is 10.5 Å². The highest BCUT2D eigenvalue weighted by atomic mass is 16.6. The molecule has 1 aromatic carbocycles. The van der Waals surface area contributed by atoms with Crippen molar-refractivity contribution in [1.29, 1.82) is 0 Å². The quantitative estimate of drug-likeness (QED) is 0.872. The summed E-state index contributed by atoms with van der Waals surface area (Å²) in [5.41, 5.74) is 1.19. The SMILES string of the molecule is CC(C)(C)OC(=O)NC1CCCN(c2cccc(C=O)c2)C1. The minimum absolute atomic E-state index is 0.0588. The molecule has 5 nitrogen and oxygen atoms in total. The van der Waals surface area contributed by atoms with Gasteiger partial charge < -0.3 is 15.0 Å². The summed E-state index contributed by atoms with van der Waals surface area (Å²) in [6.45, 7) is 7.20. The van der Waals surface area contributed by atoms with Gasteiger partial charge in [-0.1, -0.05) is 12.1 Å². The molecule has 5 heteroatoms. The molecule has 1 atom stereocenters. The highest BCUT2D eigenvalue weighted by molar-refractivity contribution is 5.77. The molecule has 22 heavy (non-hydrogen) atoms. The lowest BCUT2D eigenvalue weighted by Crippen LogP contribution is -2.49. The van der Waals surface area contributed by atoms with E-state index in [0.717, 1.165) is 37.9 Å². The van der Waals surface area contributed by atoms with E-state index in [9.17, 15) is 9.59 Å². The number of nitrogens with zero attached hydrogens (tertiary/aromatic N) is 1. The van der Waals surface area contributed by atoms with Crippen LogP contribution in [0.15, 0.2) is 24.3 Å². The molecule has 120 valence electrons. The molecule has 1 fully saturated rings. The van der Waals surface area contributed by atoms with Crippen molar-refractivity contribution >= 4 is 18.1 Å². The molecule has 0 radical (unpaired) electrons. The third-order valence-corrected chi connectivity index (χ3v) is 3.51. The molecule has 0 saturated carbocycles. The number of anilines is 1. The summed E-state index contributed by atoms with van der Waals surface area (Å²) in [6, 6.07) is 7.59. The average molecular weight is 304 g/mol. The molecule has 1 aliphatic rings. The first-order chi connectivity index (χ1) is 10.4. The van der Waals surface area contributed by atoms with Gasteiger partial charge in [-0.15, -0.1) is 0 Å². The second-order valence-corrected chi connectivity index (χ2v) is 6.64. The van der Waals surface area contributed by atoms with Gasteiger partial charge in [-0.05, 0) is 45.7 Å². The van der Waals surface area contributed by atoms with Gasteiger partial charge in [-0.2, -0.15) is 0 Å². The lowest BCUT2D eigenvalue weighted by atomic mass is 10.0. The van der Waals surface area contributed by atoms with E-state index in [2.05, 4.69) is 10.2 Å². The molecule has 1 heterocycles. The number of alkyl carbamates (subject to hydrolysis) is 1. The summed E-state index contributed by atoms with van der Waals surface area (Å²) in [5, 5.41) is 2.93. The van der Waals surface area contributed by atoms with Crippen LogP contribution in [0, 0.1) is 0 Å². The Morgan fingerprint density at radius 2 is 2.18 bits per heavy atom. The number of hydrogen-bond donors (Lipinski definition) is 1. The Hall–Kier alpha value is -2.04. The molecule has 1 aliphatic heterocycles. The zero-order valence-corrected chi connectivity index (χ0v) is 13.5. The van der Waals surface area contributed by atoms with Gasteiger partial charge in [0.15, 0.2) is 0 Å². The first-order valence-corrected chi connectivity index (χ1v) is 7.67. The summed E-state index contributed by atoms with van der Waals surface area (Å²) in [5.74, 6) is 0. The van der Waals surface area contributed by atoms with Crippen LogP contribution in [0.3, 0.4) is 0 Å². The molecular formula is C17H24N2O3. The Morgan fingerprint density at radius 1 is 1.41 bits per heavy atom. The summed E-state index contributed by atoms with van der Waals surface area (Å²) in [4.78, 5) is 25.0. The van der Waals surface area contributed by atoms with Crippen LogP contribution in [0.2, 0.25) is 0 Å². The van der Waals surface area contributed by atoms with Gasteiger partial charge in [0.05, 0.1) is 0 Å². The van der Waals surface area contributed by atoms with Crippen LogP contribution in [-0.2, 0) is 4.74 Å². The molecule has 1 aromatic rings. The Labute approximate surface area is 131 Å². The number of rotatable bonds is 3. The average Bonchev–Trinajstić information content (AvgIpc) is 2.45. The zero-order valence-electron chi connectivity index (χ0n) is 13.5. The predicted octanol–water partition coefficient (Wildman–Crippen LogP) is 2.99. The minimum atomic E-state index is -0.489. The number of amides is 1. The number of benzene rings is 1. The second-order valence-electron chi connectivity index (χ2n) is 6.64. The van der Waals surface area contributed by atoms with Crippen LogP contribution in [0.5, 0.6) is 0 Å². The molecule has 0 aliphatic carbocycles. The Bertz CT molecular complexity index is 537. The molecule has 0 spiro atoms. The molecule has 0 aromatic heterocycles. The first kappa shape index (κ1) is 16.3. The Morgan fingerprint density at radius 3 is 2.86 bits per heavy atom. The molecule has 1 unspecified atom stereocenters. The van der Waals surface area contributed by atoms with E-state index in [1.807, 2.05) is 39.0 Å². The van der Waals surface area contributed by atoms with Gasteiger partial charge in [-0.25, -0.2) is 4.79 Å². The van der Waals surface area contributed by atoms with E-state index >= 15 is 0 Å². The number of aldehydes is 1. The fraction of sp³-hybridized carbons (Fsp3) is 0.529. The van der Waals surface area contributed by atoms with Gasteiger partial charge >= 0.3 is 6.09 Å². The Balaban J connectivity index is 1.96. The number of hydrogen-bond acceptors (Lipinski definition) is 4. The van der Waals surface area contributed by atoms with E-state index < -0.39 is 5.60 Å². The maximum absolute atomic E-state index is 11.9. The molecule has 0 bridgehead atoms. The summed E-state index contributed by atoms with van der Waals surface area (Å²) < 4.78 is 5.30. The minimum Gasteiger partial charge on any atom is -0.444 e. The van der Waals surface area contributed by atoms with Crippen LogP contribution in [-0.4, -0.2) is 37.1 Å². The number of nitrogens with one attached hydrogen (secondary N) is 1. The fourth-order valence-electron chi connectivity index (χ4n) is 2.60. The van der Waals surface area contributed by atoms with E-state index in [0.29, 0.717) is 5.56 Å². The summed E-state index contributed by atoms with van der Waals surface area (Å²) >= 11 is 0. The van der Waals surface area contributed by atoms with Crippen molar-refractivity contribution in [2.45, 2.75) is 45.3 Å². The highest BCUT2D eigenvalue weighted by Gasteiger charge is 2.24. The standard InChI is InChI=1S/C17H24N2O3/c1-17(2,3)22-16(21)18-14-7-5-9-19(11-14)15-8-4-6-13(10-15)12-20/h4,6,8,10,12,14H,5,7,9,11H2,1-3H3,(H,18,21). The second kappa shape index (κ2) is 6.81. The summed E-state index contributed by atoms with van der Waals surface area (Å²) in [7, 11) is 0. The maximum atomic E-state index is 11.9. The van der Waals surface area contributed by atoms with Crippen molar-refractivity contribution in [3.63, 3.8) is 0 Å². The number of ether oxygens (including phenoxy) is 1. The van der Waals surface area contributed by atoms with Crippen LogP contribution in [0.25, 0.3) is 0 Å². The Kier molecular flexibility index (Phi) is 5.06. The maximum Gasteiger partial charge on any atom is 0.407 e. The monoisotopic (exact) mass is 304 g/mol. The third kappa shape index (κ3) is 4.76. The molecule has 2 rings (SSSR count). The van der Waals surface area contributed by atoms with Crippen LogP contribution in [0.1, 0.15) is 44.0 Å². The van der Waals surface area contributed by atoms with Crippen molar-refractivity contribution in [1.82, 2.24) is 5.32 Å². The van der Waals surface area contributed by atoms with Crippen molar-refractivity contribution in [3.05, 3.63) is 29.8 Å². The van der Waals surface area contributed by atoms with E-state index in [-0.39, 0.29) is 12.1 Å².